The first-order valence-electron chi connectivity index (χ1n) is 14.4. The maximum absolute atomic E-state index is 13.7. The molecule has 0 aliphatic heterocycles. The average molecular weight is 613 g/mol. The van der Waals surface area contributed by atoms with Gasteiger partial charge in [-0.15, -0.1) is 0 Å². The molecule has 1 heterocycles. The van der Waals surface area contributed by atoms with Crippen LogP contribution in [0.1, 0.15) is 22.4 Å². The van der Waals surface area contributed by atoms with Crippen LogP contribution in [0.4, 0.5) is 0 Å². The van der Waals surface area contributed by atoms with Crippen molar-refractivity contribution < 1.29 is 29.4 Å². The summed E-state index contributed by atoms with van der Waals surface area (Å²) in [5.74, 6) is -3.19. The summed E-state index contributed by atoms with van der Waals surface area (Å²) in [6.07, 6.45) is 3.22. The average Bonchev–Trinajstić information content (AvgIpc) is 3.55. The van der Waals surface area contributed by atoms with E-state index in [0.717, 1.165) is 5.56 Å². The van der Waals surface area contributed by atoms with Gasteiger partial charge in [0, 0.05) is 31.2 Å². The number of carbonyl (C=O) groups is 4. The second-order valence-corrected chi connectivity index (χ2v) is 10.7. The van der Waals surface area contributed by atoms with Crippen molar-refractivity contribution >= 4 is 23.7 Å². The number of benzene rings is 3. The Hall–Kier alpha value is -5.49. The number of aromatic amines is 1. The monoisotopic (exact) mass is 612 g/mol. The molecule has 0 radical (unpaired) electrons. The van der Waals surface area contributed by atoms with Gasteiger partial charge in [0.2, 0.25) is 17.7 Å². The molecule has 3 aromatic carbocycles. The van der Waals surface area contributed by atoms with Gasteiger partial charge in [-0.25, -0.2) is 9.78 Å². The lowest BCUT2D eigenvalue weighted by atomic mass is 10.0. The molecule has 0 aliphatic rings. The number of H-pyrrole nitrogens is 1. The summed E-state index contributed by atoms with van der Waals surface area (Å²) in [6.45, 7) is 0. The molecule has 0 saturated heterocycles. The molecule has 45 heavy (non-hydrogen) atoms. The molecule has 4 atom stereocenters. The number of aliphatic carboxylic acids is 1. The zero-order valence-electron chi connectivity index (χ0n) is 24.4. The van der Waals surface area contributed by atoms with Crippen molar-refractivity contribution in [1.82, 2.24) is 25.9 Å². The van der Waals surface area contributed by atoms with Gasteiger partial charge in [0.1, 0.15) is 23.9 Å². The number of hydrogen-bond donors (Lipinski definition) is 7. The molecule has 234 valence electrons. The van der Waals surface area contributed by atoms with E-state index < -0.39 is 47.9 Å². The van der Waals surface area contributed by atoms with Crippen LogP contribution in [-0.2, 0) is 44.9 Å². The SMILES string of the molecule is NC(Cc1ccccc1)C(=O)NC(Cc1cnc[nH]1)C(=O)NC(Cc1ccc(O)cc1)C(=O)NC(Cc1ccccc1)C(=O)O. The van der Waals surface area contributed by atoms with Crippen molar-refractivity contribution in [3.8, 4) is 5.75 Å². The van der Waals surface area contributed by atoms with Gasteiger partial charge < -0.3 is 36.9 Å². The highest BCUT2D eigenvalue weighted by Crippen LogP contribution is 2.13. The predicted molar refractivity (Wildman–Crippen MR) is 166 cm³/mol. The molecule has 0 bridgehead atoms. The number of nitrogens with two attached hydrogens (primary N) is 1. The smallest absolute Gasteiger partial charge is 0.326 e. The fourth-order valence-electron chi connectivity index (χ4n) is 4.74. The second-order valence-electron chi connectivity index (χ2n) is 10.7. The van der Waals surface area contributed by atoms with Crippen molar-refractivity contribution in [3.05, 3.63) is 120 Å². The zero-order valence-corrected chi connectivity index (χ0v) is 24.4. The standard InChI is InChI=1S/C33H36N6O6/c34-26(15-21-7-3-1-4-8-21)30(41)37-28(18-24-19-35-20-36-24)32(43)38-27(16-23-11-13-25(40)14-12-23)31(42)39-29(33(44)45)17-22-9-5-2-6-10-22/h1-14,19-20,26-29,40H,15-18,34H2,(H,35,36)(H,37,41)(H,38,43)(H,39,42)(H,44,45). The molecule has 0 fully saturated rings. The number of amides is 3. The molecule has 4 unspecified atom stereocenters. The fraction of sp³-hybridized carbons (Fsp3) is 0.242. The number of phenols is 1. The topological polar surface area (TPSA) is 200 Å². The quantitative estimate of drug-likeness (QED) is 0.104. The summed E-state index contributed by atoms with van der Waals surface area (Å²) in [4.78, 5) is 59.4. The Morgan fingerprint density at radius 1 is 0.667 bits per heavy atom. The number of carboxylic acids is 1. The molecule has 0 aliphatic carbocycles. The first-order chi connectivity index (χ1) is 21.7. The van der Waals surface area contributed by atoms with E-state index in [1.807, 2.05) is 30.3 Å². The van der Waals surface area contributed by atoms with Crippen molar-refractivity contribution in [2.75, 3.05) is 0 Å². The molecule has 3 amide bonds. The van der Waals surface area contributed by atoms with Gasteiger partial charge in [-0.05, 0) is 35.2 Å². The van der Waals surface area contributed by atoms with Crippen molar-refractivity contribution in [2.24, 2.45) is 5.73 Å². The number of aromatic hydroxyl groups is 1. The lowest BCUT2D eigenvalue weighted by Crippen LogP contribution is -2.58. The Morgan fingerprint density at radius 2 is 1.16 bits per heavy atom. The maximum Gasteiger partial charge on any atom is 0.326 e. The first-order valence-corrected chi connectivity index (χ1v) is 14.4. The van der Waals surface area contributed by atoms with E-state index >= 15 is 0 Å². The van der Waals surface area contributed by atoms with Gasteiger partial charge in [0.05, 0.1) is 12.4 Å². The molecule has 8 N–H and O–H groups in total. The maximum atomic E-state index is 13.7. The van der Waals surface area contributed by atoms with E-state index in [9.17, 15) is 29.4 Å². The van der Waals surface area contributed by atoms with Crippen molar-refractivity contribution in [3.63, 3.8) is 0 Å². The minimum atomic E-state index is -1.27. The Morgan fingerprint density at radius 3 is 1.71 bits per heavy atom. The molecule has 0 spiro atoms. The van der Waals surface area contributed by atoms with Crippen LogP contribution in [0, 0.1) is 0 Å². The highest BCUT2D eigenvalue weighted by Gasteiger charge is 2.31. The summed E-state index contributed by atoms with van der Waals surface area (Å²) < 4.78 is 0. The Labute approximate surface area is 260 Å². The fourth-order valence-corrected chi connectivity index (χ4v) is 4.74. The molecule has 4 rings (SSSR count). The number of phenolic OH excluding ortho intramolecular Hbond substituents is 1. The minimum Gasteiger partial charge on any atom is -0.508 e. The number of aromatic nitrogens is 2. The normalized spacial score (nSPS) is 13.5. The Kier molecular flexibility index (Phi) is 11.4. The highest BCUT2D eigenvalue weighted by atomic mass is 16.4. The highest BCUT2D eigenvalue weighted by molar-refractivity contribution is 5.94. The third-order valence-electron chi connectivity index (χ3n) is 7.15. The number of carboxylic acid groups (broad SMARTS) is 1. The second kappa shape index (κ2) is 15.8. The largest absolute Gasteiger partial charge is 0.508 e. The number of hydrogen-bond acceptors (Lipinski definition) is 7. The van der Waals surface area contributed by atoms with Crippen LogP contribution in [0.5, 0.6) is 5.75 Å². The lowest BCUT2D eigenvalue weighted by Gasteiger charge is -2.25. The summed E-state index contributed by atoms with van der Waals surface area (Å²) in [6, 6.07) is 19.5. The molecular formula is C33H36N6O6. The van der Waals surface area contributed by atoms with Gasteiger partial charge in [-0.1, -0.05) is 72.8 Å². The van der Waals surface area contributed by atoms with Crippen LogP contribution >= 0.6 is 0 Å². The van der Waals surface area contributed by atoms with E-state index in [2.05, 4.69) is 25.9 Å². The van der Waals surface area contributed by atoms with Crippen molar-refractivity contribution in [2.45, 2.75) is 49.9 Å². The van der Waals surface area contributed by atoms with Crippen LogP contribution in [-0.4, -0.2) is 68.0 Å². The number of nitrogens with one attached hydrogen (secondary N) is 4. The lowest BCUT2D eigenvalue weighted by molar-refractivity contribution is -0.142. The van der Waals surface area contributed by atoms with E-state index in [-0.39, 0.29) is 31.4 Å². The Balaban J connectivity index is 1.53. The van der Waals surface area contributed by atoms with Crippen LogP contribution < -0.4 is 21.7 Å². The first kappa shape index (κ1) is 32.4. The summed E-state index contributed by atoms with van der Waals surface area (Å²) in [5, 5.41) is 27.5. The van der Waals surface area contributed by atoms with Crippen LogP contribution in [0.25, 0.3) is 0 Å². The van der Waals surface area contributed by atoms with Gasteiger partial charge in [0.15, 0.2) is 0 Å². The van der Waals surface area contributed by atoms with Gasteiger partial charge in [0.25, 0.3) is 0 Å². The van der Waals surface area contributed by atoms with Crippen LogP contribution in [0.2, 0.25) is 0 Å². The van der Waals surface area contributed by atoms with Gasteiger partial charge in [-0.2, -0.15) is 0 Å². The van der Waals surface area contributed by atoms with E-state index in [4.69, 9.17) is 5.73 Å². The number of imidazole rings is 1. The van der Waals surface area contributed by atoms with Gasteiger partial charge >= 0.3 is 5.97 Å². The molecular weight excluding hydrogens is 576 g/mol. The summed E-state index contributed by atoms with van der Waals surface area (Å²) in [5.41, 5.74) is 8.89. The van der Waals surface area contributed by atoms with E-state index in [1.54, 1.807) is 42.5 Å². The molecule has 12 heteroatoms. The van der Waals surface area contributed by atoms with E-state index in [0.29, 0.717) is 16.8 Å². The molecule has 1 aromatic heterocycles. The minimum absolute atomic E-state index is 0.0201. The zero-order chi connectivity index (χ0) is 32.2. The third kappa shape index (κ3) is 10.0. The van der Waals surface area contributed by atoms with Crippen LogP contribution in [0.3, 0.4) is 0 Å². The predicted octanol–water partition coefficient (Wildman–Crippen LogP) is 1.25. The molecule has 4 aromatic rings. The number of nitrogens with zero attached hydrogens (tertiary/aromatic N) is 1. The summed E-state index contributed by atoms with van der Waals surface area (Å²) >= 11 is 0. The van der Waals surface area contributed by atoms with Crippen LogP contribution in [0.15, 0.2) is 97.5 Å². The molecule has 0 saturated carbocycles. The number of carbonyl (C=O) groups excluding carboxylic acids is 3. The van der Waals surface area contributed by atoms with Crippen molar-refractivity contribution in [1.29, 1.82) is 0 Å². The van der Waals surface area contributed by atoms with E-state index in [1.165, 1.54) is 24.7 Å². The molecule has 12 nitrogen and oxygen atoms in total. The third-order valence-corrected chi connectivity index (χ3v) is 7.15. The summed E-state index contributed by atoms with van der Waals surface area (Å²) in [7, 11) is 0. The number of rotatable bonds is 15. The van der Waals surface area contributed by atoms with Gasteiger partial charge in [-0.3, -0.25) is 14.4 Å². The Bertz CT molecular complexity index is 1550.